The molecule has 1 fully saturated rings. The lowest BCUT2D eigenvalue weighted by Crippen LogP contribution is -3.13. The van der Waals surface area contributed by atoms with Gasteiger partial charge in [-0.3, -0.25) is 4.79 Å². The molecule has 6 heteroatoms. The van der Waals surface area contributed by atoms with Crippen LogP contribution in [-0.4, -0.2) is 51.2 Å². The van der Waals surface area contributed by atoms with Crippen molar-refractivity contribution in [3.63, 3.8) is 0 Å². The van der Waals surface area contributed by atoms with Crippen LogP contribution in [0, 0.1) is 0 Å². The molecule has 2 aromatic carbocycles. The number of hydrogen-bond acceptors (Lipinski definition) is 3. The lowest BCUT2D eigenvalue weighted by atomic mass is 10.1. The second-order valence-electron chi connectivity index (χ2n) is 6.41. The zero-order valence-electron chi connectivity index (χ0n) is 15.1. The van der Waals surface area contributed by atoms with E-state index in [1.54, 1.807) is 32.4 Å². The van der Waals surface area contributed by atoms with E-state index in [9.17, 15) is 4.79 Å². The number of methoxy groups -OCH3 is 2. The van der Waals surface area contributed by atoms with Gasteiger partial charge in [0.1, 0.15) is 18.0 Å². The van der Waals surface area contributed by atoms with E-state index in [-0.39, 0.29) is 5.91 Å². The van der Waals surface area contributed by atoms with Crippen molar-refractivity contribution in [2.75, 3.05) is 40.4 Å². The molecule has 1 amide bonds. The third kappa shape index (κ3) is 4.29. The topological polar surface area (TPSA) is 43.2 Å². The summed E-state index contributed by atoms with van der Waals surface area (Å²) >= 11 is 6.26. The summed E-state index contributed by atoms with van der Waals surface area (Å²) in [6.45, 7) is 4.13. The number of hydrogen-bond donors (Lipinski definition) is 1. The average molecular weight is 376 g/mol. The first-order valence-corrected chi connectivity index (χ1v) is 9.08. The van der Waals surface area contributed by atoms with Gasteiger partial charge in [0.15, 0.2) is 0 Å². The standard InChI is InChI=1S/C20H23ClN2O3/c1-25-17-11-16(12-18(13-17)26-2)20(24)23-9-7-22(8-10-23)14-15-5-3-4-6-19(15)21/h3-6,11-13H,7-10,14H2,1-2H3/p+1. The Morgan fingerprint density at radius 2 is 1.69 bits per heavy atom. The second kappa shape index (κ2) is 8.43. The Balaban J connectivity index is 1.63. The maximum atomic E-state index is 12.8. The summed E-state index contributed by atoms with van der Waals surface area (Å²) in [5.41, 5.74) is 1.75. The Hall–Kier alpha value is -2.24. The summed E-state index contributed by atoms with van der Waals surface area (Å²) < 4.78 is 10.5. The Labute approximate surface area is 159 Å². The van der Waals surface area contributed by atoms with Crippen LogP contribution in [0.4, 0.5) is 0 Å². The monoisotopic (exact) mass is 375 g/mol. The summed E-state index contributed by atoms with van der Waals surface area (Å²) in [6, 6.07) is 13.2. The Morgan fingerprint density at radius 1 is 1.08 bits per heavy atom. The number of piperazine rings is 1. The highest BCUT2D eigenvalue weighted by molar-refractivity contribution is 6.31. The van der Waals surface area contributed by atoms with Crippen LogP contribution in [0.15, 0.2) is 42.5 Å². The number of nitrogens with zero attached hydrogens (tertiary/aromatic N) is 1. The number of halogens is 1. The molecule has 5 nitrogen and oxygen atoms in total. The van der Waals surface area contributed by atoms with Crippen molar-refractivity contribution >= 4 is 17.5 Å². The van der Waals surface area contributed by atoms with Crippen molar-refractivity contribution in [3.8, 4) is 11.5 Å². The van der Waals surface area contributed by atoms with Crippen LogP contribution in [0.5, 0.6) is 11.5 Å². The lowest BCUT2D eigenvalue weighted by molar-refractivity contribution is -0.917. The number of carbonyl (C=O) groups excluding carboxylic acids is 1. The summed E-state index contributed by atoms with van der Waals surface area (Å²) in [4.78, 5) is 16.2. The molecule has 26 heavy (non-hydrogen) atoms. The highest BCUT2D eigenvalue weighted by atomic mass is 35.5. The minimum atomic E-state index is 0.0130. The van der Waals surface area contributed by atoms with Gasteiger partial charge in [-0.25, -0.2) is 0 Å². The van der Waals surface area contributed by atoms with Gasteiger partial charge < -0.3 is 19.3 Å². The zero-order valence-corrected chi connectivity index (χ0v) is 15.9. The van der Waals surface area contributed by atoms with Crippen LogP contribution < -0.4 is 14.4 Å². The van der Waals surface area contributed by atoms with Crippen molar-refractivity contribution in [2.45, 2.75) is 6.54 Å². The van der Waals surface area contributed by atoms with E-state index in [4.69, 9.17) is 21.1 Å². The fourth-order valence-corrected chi connectivity index (χ4v) is 3.43. The number of amides is 1. The van der Waals surface area contributed by atoms with Crippen molar-refractivity contribution in [1.82, 2.24) is 4.90 Å². The number of rotatable bonds is 5. The van der Waals surface area contributed by atoms with Gasteiger partial charge in [-0.05, 0) is 18.2 Å². The molecule has 1 aliphatic heterocycles. The summed E-state index contributed by atoms with van der Waals surface area (Å²) in [6.07, 6.45) is 0. The molecule has 0 radical (unpaired) electrons. The number of ether oxygens (including phenoxy) is 2. The van der Waals surface area contributed by atoms with Crippen molar-refractivity contribution in [1.29, 1.82) is 0 Å². The van der Waals surface area contributed by atoms with Crippen molar-refractivity contribution < 1.29 is 19.2 Å². The molecule has 0 aromatic heterocycles. The predicted molar refractivity (Wildman–Crippen MR) is 101 cm³/mol. The third-order valence-corrected chi connectivity index (χ3v) is 5.12. The van der Waals surface area contributed by atoms with Gasteiger partial charge in [0.05, 0.1) is 40.4 Å². The van der Waals surface area contributed by atoms with Gasteiger partial charge in [-0.1, -0.05) is 29.8 Å². The molecule has 3 rings (SSSR count). The normalized spacial score (nSPS) is 15.0. The third-order valence-electron chi connectivity index (χ3n) is 4.75. The Morgan fingerprint density at radius 3 is 2.27 bits per heavy atom. The molecule has 0 unspecified atom stereocenters. The average Bonchev–Trinajstić information content (AvgIpc) is 2.69. The van der Waals surface area contributed by atoms with Crippen molar-refractivity contribution in [2.24, 2.45) is 0 Å². The summed E-state index contributed by atoms with van der Waals surface area (Å²) in [5.74, 6) is 1.25. The van der Waals surface area contributed by atoms with E-state index in [1.165, 1.54) is 4.90 Å². The highest BCUT2D eigenvalue weighted by Gasteiger charge is 2.25. The molecule has 0 spiro atoms. The molecular formula is C20H24ClN2O3+. The smallest absolute Gasteiger partial charge is 0.254 e. The number of benzene rings is 2. The highest BCUT2D eigenvalue weighted by Crippen LogP contribution is 2.23. The first kappa shape index (κ1) is 18.5. The Kier molecular flexibility index (Phi) is 6.01. The number of quaternary nitrogens is 1. The van der Waals surface area contributed by atoms with Gasteiger partial charge in [0, 0.05) is 22.2 Å². The minimum absolute atomic E-state index is 0.0130. The molecule has 1 heterocycles. The molecule has 138 valence electrons. The van der Waals surface area contributed by atoms with Gasteiger partial charge >= 0.3 is 0 Å². The van der Waals surface area contributed by atoms with Gasteiger partial charge in [-0.15, -0.1) is 0 Å². The summed E-state index contributed by atoms with van der Waals surface area (Å²) in [7, 11) is 3.17. The zero-order chi connectivity index (χ0) is 18.5. The molecular weight excluding hydrogens is 352 g/mol. The molecule has 1 aliphatic rings. The fraction of sp³-hybridized carbons (Fsp3) is 0.350. The van der Waals surface area contributed by atoms with E-state index in [2.05, 4.69) is 6.07 Å². The van der Waals surface area contributed by atoms with E-state index < -0.39 is 0 Å². The Bertz CT molecular complexity index is 751. The van der Waals surface area contributed by atoms with E-state index in [0.717, 1.165) is 43.3 Å². The molecule has 0 bridgehead atoms. The van der Waals surface area contributed by atoms with Crippen LogP contribution in [0.3, 0.4) is 0 Å². The van der Waals surface area contributed by atoms with Crippen LogP contribution in [0.1, 0.15) is 15.9 Å². The van der Waals surface area contributed by atoms with Crippen molar-refractivity contribution in [3.05, 3.63) is 58.6 Å². The van der Waals surface area contributed by atoms with Gasteiger partial charge in [-0.2, -0.15) is 0 Å². The number of nitrogens with one attached hydrogen (secondary N) is 1. The van der Waals surface area contributed by atoms with Crippen LogP contribution >= 0.6 is 11.6 Å². The molecule has 0 saturated carbocycles. The van der Waals surface area contributed by atoms with Gasteiger partial charge in [0.2, 0.25) is 0 Å². The molecule has 0 atom stereocenters. The quantitative estimate of drug-likeness (QED) is 0.868. The maximum absolute atomic E-state index is 12.8. The first-order valence-electron chi connectivity index (χ1n) is 8.70. The fourth-order valence-electron chi connectivity index (χ4n) is 3.23. The molecule has 1 saturated heterocycles. The lowest BCUT2D eigenvalue weighted by Gasteiger charge is -2.32. The first-order chi connectivity index (χ1) is 12.6. The van der Waals surface area contributed by atoms with Crippen LogP contribution in [-0.2, 0) is 6.54 Å². The van der Waals surface area contributed by atoms with Gasteiger partial charge in [0.25, 0.3) is 5.91 Å². The van der Waals surface area contributed by atoms with E-state index in [0.29, 0.717) is 17.1 Å². The maximum Gasteiger partial charge on any atom is 0.254 e. The van der Waals surface area contributed by atoms with Crippen LogP contribution in [0.25, 0.3) is 0 Å². The largest absolute Gasteiger partial charge is 0.497 e. The number of carbonyl (C=O) groups is 1. The summed E-state index contributed by atoms with van der Waals surface area (Å²) in [5, 5.41) is 0.807. The molecule has 1 N–H and O–H groups in total. The van der Waals surface area contributed by atoms with E-state index >= 15 is 0 Å². The molecule has 2 aromatic rings. The predicted octanol–water partition coefficient (Wildman–Crippen LogP) is 1.90. The van der Waals surface area contributed by atoms with E-state index in [1.807, 2.05) is 23.1 Å². The minimum Gasteiger partial charge on any atom is -0.497 e. The molecule has 0 aliphatic carbocycles. The van der Waals surface area contributed by atoms with Crippen LogP contribution in [0.2, 0.25) is 5.02 Å². The second-order valence-corrected chi connectivity index (χ2v) is 6.82. The SMILES string of the molecule is COc1cc(OC)cc(C(=O)N2CC[NH+](Cc3ccccc3Cl)CC2)c1.